The maximum atomic E-state index is 12.2. The Balaban J connectivity index is 2.35. The van der Waals surface area contributed by atoms with Gasteiger partial charge in [-0.25, -0.2) is 0 Å². The number of anilines is 2. The standard InChI is InChI=1S/C14H23N3O2S2/c1-16(2)13(19)11-10(15)12(20-3)14(21-11)17-6-4-5-9(7-17)8-18/h9,18H,4-8,15H2,1-3H3. The molecule has 2 heterocycles. The largest absolute Gasteiger partial charge is 0.396 e. The SMILES string of the molecule is CSc1c(N2CCCC(CO)C2)sc(C(=O)N(C)C)c1N. The van der Waals surface area contributed by atoms with Crippen molar-refractivity contribution < 1.29 is 9.90 Å². The van der Waals surface area contributed by atoms with E-state index >= 15 is 0 Å². The minimum Gasteiger partial charge on any atom is -0.396 e. The minimum atomic E-state index is -0.0465. The smallest absolute Gasteiger partial charge is 0.265 e. The van der Waals surface area contributed by atoms with E-state index in [1.807, 2.05) is 6.26 Å². The van der Waals surface area contributed by atoms with E-state index in [-0.39, 0.29) is 12.5 Å². The van der Waals surface area contributed by atoms with Crippen molar-refractivity contribution in [1.29, 1.82) is 0 Å². The number of thiophene rings is 1. The van der Waals surface area contributed by atoms with Gasteiger partial charge in [0.25, 0.3) is 5.91 Å². The first-order valence-corrected chi connectivity index (χ1v) is 9.07. The average molecular weight is 329 g/mol. The Morgan fingerprint density at radius 1 is 1.57 bits per heavy atom. The summed E-state index contributed by atoms with van der Waals surface area (Å²) in [5, 5.41) is 10.5. The van der Waals surface area contributed by atoms with Crippen molar-refractivity contribution in [3.05, 3.63) is 4.88 Å². The molecule has 2 rings (SSSR count). The van der Waals surface area contributed by atoms with Crippen LogP contribution in [0.2, 0.25) is 0 Å². The highest BCUT2D eigenvalue weighted by molar-refractivity contribution is 7.99. The van der Waals surface area contributed by atoms with Gasteiger partial charge in [-0.15, -0.1) is 23.1 Å². The summed E-state index contributed by atoms with van der Waals surface area (Å²) in [6, 6.07) is 0. The maximum Gasteiger partial charge on any atom is 0.265 e. The van der Waals surface area contributed by atoms with Gasteiger partial charge in [-0.1, -0.05) is 0 Å². The van der Waals surface area contributed by atoms with Crippen molar-refractivity contribution in [3.8, 4) is 0 Å². The molecule has 1 unspecified atom stereocenters. The fourth-order valence-electron chi connectivity index (χ4n) is 2.58. The maximum absolute atomic E-state index is 12.2. The number of piperidine rings is 1. The quantitative estimate of drug-likeness (QED) is 0.827. The Hall–Kier alpha value is -0.920. The van der Waals surface area contributed by atoms with Crippen LogP contribution in [0.5, 0.6) is 0 Å². The lowest BCUT2D eigenvalue weighted by Crippen LogP contribution is -2.36. The molecule has 1 fully saturated rings. The normalized spacial score (nSPS) is 18.9. The molecule has 1 aromatic heterocycles. The number of thioether (sulfide) groups is 1. The van der Waals surface area contributed by atoms with Crippen LogP contribution in [0.25, 0.3) is 0 Å². The highest BCUT2D eigenvalue weighted by Crippen LogP contribution is 2.45. The highest BCUT2D eigenvalue weighted by atomic mass is 32.2. The summed E-state index contributed by atoms with van der Waals surface area (Å²) in [4.78, 5) is 17.7. The molecule has 0 radical (unpaired) electrons. The number of aliphatic hydroxyl groups is 1. The Labute approximate surface area is 134 Å². The number of hydrogen-bond donors (Lipinski definition) is 2. The lowest BCUT2D eigenvalue weighted by atomic mass is 9.99. The molecule has 3 N–H and O–H groups in total. The van der Waals surface area contributed by atoms with Crippen LogP contribution in [0.4, 0.5) is 10.7 Å². The second kappa shape index (κ2) is 6.89. The molecule has 118 valence electrons. The van der Waals surface area contributed by atoms with E-state index in [9.17, 15) is 9.90 Å². The minimum absolute atomic E-state index is 0.0465. The van der Waals surface area contributed by atoms with Crippen LogP contribution in [-0.4, -0.2) is 56.0 Å². The lowest BCUT2D eigenvalue weighted by Gasteiger charge is -2.33. The van der Waals surface area contributed by atoms with E-state index in [1.165, 1.54) is 11.3 Å². The van der Waals surface area contributed by atoms with Gasteiger partial charge in [0.15, 0.2) is 0 Å². The zero-order valence-electron chi connectivity index (χ0n) is 12.8. The van der Waals surface area contributed by atoms with Gasteiger partial charge in [-0.05, 0) is 25.0 Å². The molecule has 0 saturated carbocycles. The molecule has 1 aromatic rings. The molecular weight excluding hydrogens is 306 g/mol. The number of aliphatic hydroxyl groups excluding tert-OH is 1. The van der Waals surface area contributed by atoms with Crippen LogP contribution < -0.4 is 10.6 Å². The first-order chi connectivity index (χ1) is 9.99. The average Bonchev–Trinajstić information content (AvgIpc) is 2.83. The molecule has 0 spiro atoms. The number of nitrogen functional groups attached to an aromatic ring is 1. The third kappa shape index (κ3) is 3.30. The fourth-order valence-corrected chi connectivity index (χ4v) is 4.82. The third-order valence-electron chi connectivity index (χ3n) is 3.75. The van der Waals surface area contributed by atoms with E-state index in [4.69, 9.17) is 5.73 Å². The van der Waals surface area contributed by atoms with E-state index < -0.39 is 0 Å². The first kappa shape index (κ1) is 16.5. The molecule has 1 aliphatic rings. The zero-order chi connectivity index (χ0) is 15.6. The predicted molar refractivity (Wildman–Crippen MR) is 90.6 cm³/mol. The van der Waals surface area contributed by atoms with Crippen LogP contribution in [0.1, 0.15) is 22.5 Å². The molecule has 21 heavy (non-hydrogen) atoms. The summed E-state index contributed by atoms with van der Waals surface area (Å²) in [5.74, 6) is 0.263. The van der Waals surface area contributed by atoms with Gasteiger partial charge in [0.05, 0.1) is 10.6 Å². The summed E-state index contributed by atoms with van der Waals surface area (Å²) in [6.07, 6.45) is 4.11. The summed E-state index contributed by atoms with van der Waals surface area (Å²) in [7, 11) is 3.48. The lowest BCUT2D eigenvalue weighted by molar-refractivity contribution is 0.0833. The van der Waals surface area contributed by atoms with Crippen molar-refractivity contribution in [2.75, 3.05) is 50.7 Å². The second-order valence-electron chi connectivity index (χ2n) is 5.52. The van der Waals surface area contributed by atoms with E-state index in [0.717, 1.165) is 35.8 Å². The van der Waals surface area contributed by atoms with Crippen molar-refractivity contribution in [2.24, 2.45) is 5.92 Å². The van der Waals surface area contributed by atoms with E-state index in [2.05, 4.69) is 4.90 Å². The molecule has 1 saturated heterocycles. The Bertz CT molecular complexity index is 517. The second-order valence-corrected chi connectivity index (χ2v) is 7.34. The number of rotatable bonds is 4. The molecule has 1 amide bonds. The number of nitrogens with two attached hydrogens (primary N) is 1. The van der Waals surface area contributed by atoms with Gasteiger partial charge in [-0.2, -0.15) is 0 Å². The highest BCUT2D eigenvalue weighted by Gasteiger charge is 2.27. The van der Waals surface area contributed by atoms with Crippen LogP contribution in [0.3, 0.4) is 0 Å². The molecule has 7 heteroatoms. The van der Waals surface area contributed by atoms with Gasteiger partial charge in [0, 0.05) is 33.8 Å². The summed E-state index contributed by atoms with van der Waals surface area (Å²) in [5.41, 5.74) is 6.78. The van der Waals surface area contributed by atoms with Gasteiger partial charge < -0.3 is 20.6 Å². The van der Waals surface area contributed by atoms with E-state index in [0.29, 0.717) is 16.5 Å². The van der Waals surface area contributed by atoms with Crippen molar-refractivity contribution >= 4 is 39.7 Å². The summed E-state index contributed by atoms with van der Waals surface area (Å²) >= 11 is 3.06. The molecule has 1 aliphatic heterocycles. The van der Waals surface area contributed by atoms with Crippen LogP contribution in [0, 0.1) is 5.92 Å². The molecular formula is C14H23N3O2S2. The summed E-state index contributed by atoms with van der Waals surface area (Å²) < 4.78 is 0. The number of hydrogen-bond acceptors (Lipinski definition) is 6. The Morgan fingerprint density at radius 3 is 2.86 bits per heavy atom. The third-order valence-corrected chi connectivity index (χ3v) is 5.96. The number of nitrogens with zero attached hydrogens (tertiary/aromatic N) is 2. The van der Waals surface area contributed by atoms with Crippen molar-refractivity contribution in [2.45, 2.75) is 17.7 Å². The number of amides is 1. The molecule has 0 aliphatic carbocycles. The topological polar surface area (TPSA) is 69.8 Å². The molecule has 1 atom stereocenters. The fraction of sp³-hybridized carbons (Fsp3) is 0.643. The molecule has 0 aromatic carbocycles. The first-order valence-electron chi connectivity index (χ1n) is 7.03. The van der Waals surface area contributed by atoms with Gasteiger partial charge >= 0.3 is 0 Å². The van der Waals surface area contributed by atoms with Crippen molar-refractivity contribution in [1.82, 2.24) is 4.90 Å². The molecule has 5 nitrogen and oxygen atoms in total. The predicted octanol–water partition coefficient (Wildman–Crippen LogP) is 1.96. The monoisotopic (exact) mass is 329 g/mol. The van der Waals surface area contributed by atoms with Gasteiger partial charge in [0.1, 0.15) is 9.88 Å². The Kier molecular flexibility index (Phi) is 5.40. The Morgan fingerprint density at radius 2 is 2.29 bits per heavy atom. The summed E-state index contributed by atoms with van der Waals surface area (Å²) in [6.45, 7) is 2.01. The van der Waals surface area contributed by atoms with Crippen LogP contribution >= 0.6 is 23.1 Å². The van der Waals surface area contributed by atoms with Crippen LogP contribution in [0.15, 0.2) is 4.90 Å². The van der Waals surface area contributed by atoms with Gasteiger partial charge in [-0.3, -0.25) is 4.79 Å². The number of carbonyl (C=O) groups excluding carboxylic acids is 1. The number of carbonyl (C=O) groups is 1. The van der Waals surface area contributed by atoms with Crippen LogP contribution in [-0.2, 0) is 0 Å². The molecule has 0 bridgehead atoms. The van der Waals surface area contributed by atoms with Gasteiger partial charge in [0.2, 0.25) is 0 Å². The van der Waals surface area contributed by atoms with E-state index in [1.54, 1.807) is 30.8 Å². The van der Waals surface area contributed by atoms with Crippen molar-refractivity contribution in [3.63, 3.8) is 0 Å². The zero-order valence-corrected chi connectivity index (χ0v) is 14.4.